The van der Waals surface area contributed by atoms with Crippen LogP contribution < -0.4 is 19.7 Å². The number of nitrogens with one attached hydrogen (secondary N) is 1. The van der Waals surface area contributed by atoms with Gasteiger partial charge in [0.15, 0.2) is 11.5 Å². The minimum atomic E-state index is 0.291. The third-order valence-electron chi connectivity index (χ3n) is 4.02. The van der Waals surface area contributed by atoms with Crippen molar-refractivity contribution in [3.8, 4) is 11.5 Å². The Morgan fingerprint density at radius 3 is 2.95 bits per heavy atom. The van der Waals surface area contributed by atoms with Crippen LogP contribution in [0, 0.1) is 0 Å². The molecule has 114 valence electrons. The molecule has 6 heteroatoms. The predicted octanol–water partition coefficient (Wildman–Crippen LogP) is 2.42. The van der Waals surface area contributed by atoms with Crippen molar-refractivity contribution in [1.82, 2.24) is 9.97 Å². The van der Waals surface area contributed by atoms with Gasteiger partial charge >= 0.3 is 0 Å². The molecule has 0 unspecified atom stereocenters. The quantitative estimate of drug-likeness (QED) is 0.935. The van der Waals surface area contributed by atoms with Crippen LogP contribution in [0.5, 0.6) is 11.5 Å². The summed E-state index contributed by atoms with van der Waals surface area (Å²) in [6.45, 7) is 3.09. The lowest BCUT2D eigenvalue weighted by molar-refractivity contribution is 0.173. The maximum Gasteiger partial charge on any atom is 0.231 e. The lowest BCUT2D eigenvalue weighted by atomic mass is 10.2. The Morgan fingerprint density at radius 1 is 1.14 bits per heavy atom. The van der Waals surface area contributed by atoms with Crippen LogP contribution in [0.2, 0.25) is 0 Å². The predicted molar refractivity (Wildman–Crippen MR) is 83.4 cm³/mol. The number of benzene rings is 1. The van der Waals surface area contributed by atoms with Crippen molar-refractivity contribution < 1.29 is 9.47 Å². The highest BCUT2D eigenvalue weighted by Crippen LogP contribution is 2.35. The van der Waals surface area contributed by atoms with Crippen LogP contribution in [-0.2, 0) is 6.54 Å². The smallest absolute Gasteiger partial charge is 0.231 e. The summed E-state index contributed by atoms with van der Waals surface area (Å²) in [6.07, 6.45) is 4.09. The molecule has 0 aliphatic carbocycles. The summed E-state index contributed by atoms with van der Waals surface area (Å²) >= 11 is 0. The molecule has 4 rings (SSSR count). The van der Waals surface area contributed by atoms with E-state index in [0.717, 1.165) is 41.8 Å². The molecule has 0 atom stereocenters. The zero-order chi connectivity index (χ0) is 14.8. The van der Waals surface area contributed by atoms with E-state index in [9.17, 15) is 0 Å². The average molecular weight is 298 g/mol. The van der Waals surface area contributed by atoms with E-state index in [1.54, 1.807) is 6.33 Å². The maximum atomic E-state index is 5.52. The number of hydrogen-bond donors (Lipinski definition) is 1. The summed E-state index contributed by atoms with van der Waals surface area (Å²) in [7, 11) is 0. The number of aromatic nitrogens is 2. The molecule has 6 nitrogen and oxygen atoms in total. The van der Waals surface area contributed by atoms with E-state index in [-0.39, 0.29) is 0 Å². The SMILES string of the molecule is c1cc(CNc2cc(N3CCCC3)ncn2)c2c(c1)OCO2. The van der Waals surface area contributed by atoms with Gasteiger partial charge in [0.25, 0.3) is 0 Å². The molecule has 22 heavy (non-hydrogen) atoms. The molecule has 0 amide bonds. The van der Waals surface area contributed by atoms with E-state index < -0.39 is 0 Å². The third kappa shape index (κ3) is 2.52. The molecule has 2 aromatic rings. The molecule has 3 heterocycles. The molecule has 1 aromatic heterocycles. The van der Waals surface area contributed by atoms with Crippen LogP contribution >= 0.6 is 0 Å². The second-order valence-electron chi connectivity index (χ2n) is 5.46. The average Bonchev–Trinajstić information content (AvgIpc) is 3.24. The number of para-hydroxylation sites is 1. The molecule has 1 N–H and O–H groups in total. The second-order valence-corrected chi connectivity index (χ2v) is 5.46. The van der Waals surface area contributed by atoms with Gasteiger partial charge in [0.2, 0.25) is 6.79 Å². The van der Waals surface area contributed by atoms with Crippen molar-refractivity contribution in [3.05, 3.63) is 36.2 Å². The summed E-state index contributed by atoms with van der Waals surface area (Å²) < 4.78 is 10.9. The van der Waals surface area contributed by atoms with E-state index in [1.807, 2.05) is 24.3 Å². The third-order valence-corrected chi connectivity index (χ3v) is 4.02. The molecule has 2 aliphatic rings. The van der Waals surface area contributed by atoms with Gasteiger partial charge in [-0.05, 0) is 18.9 Å². The lowest BCUT2D eigenvalue weighted by Gasteiger charge is -2.16. The Morgan fingerprint density at radius 2 is 2.05 bits per heavy atom. The fourth-order valence-electron chi connectivity index (χ4n) is 2.88. The molecule has 0 saturated carbocycles. The molecule has 1 fully saturated rings. The van der Waals surface area contributed by atoms with Crippen LogP contribution in [0.4, 0.5) is 11.6 Å². The Bertz CT molecular complexity index is 671. The highest BCUT2D eigenvalue weighted by atomic mass is 16.7. The standard InChI is InChI=1S/C16H18N4O2/c1-2-7-20(6-1)15-8-14(18-10-19-15)17-9-12-4-3-5-13-16(12)22-11-21-13/h3-5,8,10H,1-2,6-7,9,11H2,(H,17,18,19). The van der Waals surface area contributed by atoms with Gasteiger partial charge in [-0.15, -0.1) is 0 Å². The fourth-order valence-corrected chi connectivity index (χ4v) is 2.88. The van der Waals surface area contributed by atoms with Crippen molar-refractivity contribution in [2.45, 2.75) is 19.4 Å². The zero-order valence-electron chi connectivity index (χ0n) is 12.3. The van der Waals surface area contributed by atoms with Gasteiger partial charge < -0.3 is 19.7 Å². The first-order valence-corrected chi connectivity index (χ1v) is 7.58. The normalized spacial score (nSPS) is 16.1. The molecule has 1 saturated heterocycles. The van der Waals surface area contributed by atoms with Gasteiger partial charge in [-0.1, -0.05) is 12.1 Å². The van der Waals surface area contributed by atoms with Gasteiger partial charge in [0.1, 0.15) is 18.0 Å². The number of hydrogen-bond acceptors (Lipinski definition) is 6. The Balaban J connectivity index is 1.48. The fraction of sp³-hybridized carbons (Fsp3) is 0.375. The van der Waals surface area contributed by atoms with Crippen LogP contribution in [-0.4, -0.2) is 29.9 Å². The molecule has 0 radical (unpaired) electrons. The lowest BCUT2D eigenvalue weighted by Crippen LogP contribution is -2.19. The van der Waals surface area contributed by atoms with Crippen LogP contribution in [0.15, 0.2) is 30.6 Å². The van der Waals surface area contributed by atoms with E-state index in [0.29, 0.717) is 13.3 Å². The van der Waals surface area contributed by atoms with Gasteiger partial charge in [-0.3, -0.25) is 0 Å². The van der Waals surface area contributed by atoms with Gasteiger partial charge in [-0.25, -0.2) is 9.97 Å². The van der Waals surface area contributed by atoms with Crippen molar-refractivity contribution >= 4 is 11.6 Å². The largest absolute Gasteiger partial charge is 0.454 e. The zero-order valence-corrected chi connectivity index (χ0v) is 12.3. The Labute approximate surface area is 129 Å². The van der Waals surface area contributed by atoms with Gasteiger partial charge in [0, 0.05) is 31.3 Å². The highest BCUT2D eigenvalue weighted by Gasteiger charge is 2.17. The first-order chi connectivity index (χ1) is 10.9. The second kappa shape index (κ2) is 5.71. The van der Waals surface area contributed by atoms with Crippen LogP contribution in [0.3, 0.4) is 0 Å². The van der Waals surface area contributed by atoms with Crippen molar-refractivity contribution in [2.24, 2.45) is 0 Å². The molecule has 2 aliphatic heterocycles. The topological polar surface area (TPSA) is 59.5 Å². The summed E-state index contributed by atoms with van der Waals surface area (Å²) in [5, 5.41) is 3.34. The van der Waals surface area contributed by atoms with E-state index in [1.165, 1.54) is 12.8 Å². The van der Waals surface area contributed by atoms with Crippen molar-refractivity contribution in [3.63, 3.8) is 0 Å². The summed E-state index contributed by atoms with van der Waals surface area (Å²) in [4.78, 5) is 11.0. The number of fused-ring (bicyclic) bond motifs is 1. The van der Waals surface area contributed by atoms with Gasteiger partial charge in [0.05, 0.1) is 0 Å². The van der Waals surface area contributed by atoms with E-state index in [2.05, 4.69) is 20.2 Å². The molecular formula is C16H18N4O2. The van der Waals surface area contributed by atoms with Crippen molar-refractivity contribution in [2.75, 3.05) is 30.1 Å². The Kier molecular flexibility index (Phi) is 3.42. The molecular weight excluding hydrogens is 280 g/mol. The Hall–Kier alpha value is -2.50. The summed E-state index contributed by atoms with van der Waals surface area (Å²) in [6, 6.07) is 7.93. The van der Waals surface area contributed by atoms with Crippen LogP contribution in [0.25, 0.3) is 0 Å². The first-order valence-electron chi connectivity index (χ1n) is 7.58. The van der Waals surface area contributed by atoms with E-state index in [4.69, 9.17) is 9.47 Å². The maximum absolute atomic E-state index is 5.52. The minimum absolute atomic E-state index is 0.291. The molecule has 0 bridgehead atoms. The van der Waals surface area contributed by atoms with E-state index >= 15 is 0 Å². The summed E-state index contributed by atoms with van der Waals surface area (Å²) in [5.41, 5.74) is 1.07. The van der Waals surface area contributed by atoms with Gasteiger partial charge in [-0.2, -0.15) is 0 Å². The first kappa shape index (κ1) is 13.2. The summed E-state index contributed by atoms with van der Waals surface area (Å²) in [5.74, 6) is 3.45. The monoisotopic (exact) mass is 298 g/mol. The van der Waals surface area contributed by atoms with Crippen LogP contribution in [0.1, 0.15) is 18.4 Å². The number of rotatable bonds is 4. The number of anilines is 2. The number of ether oxygens (including phenoxy) is 2. The van der Waals surface area contributed by atoms with Crippen molar-refractivity contribution in [1.29, 1.82) is 0 Å². The molecule has 0 spiro atoms. The number of nitrogens with zero attached hydrogens (tertiary/aromatic N) is 3. The highest BCUT2D eigenvalue weighted by molar-refractivity contribution is 5.52. The molecule has 1 aromatic carbocycles. The minimum Gasteiger partial charge on any atom is -0.454 e.